The van der Waals surface area contributed by atoms with Crippen molar-refractivity contribution >= 4 is 11.8 Å². The van der Waals surface area contributed by atoms with Gasteiger partial charge in [-0.2, -0.15) is 0 Å². The highest BCUT2D eigenvalue weighted by atomic mass is 19.1. The van der Waals surface area contributed by atoms with Gasteiger partial charge in [-0.1, -0.05) is 6.07 Å². The van der Waals surface area contributed by atoms with E-state index in [1.165, 1.54) is 12.1 Å². The van der Waals surface area contributed by atoms with Crippen LogP contribution in [0.2, 0.25) is 0 Å². The summed E-state index contributed by atoms with van der Waals surface area (Å²) < 4.78 is 13.2. The largest absolute Gasteiger partial charge is 0.342 e. The van der Waals surface area contributed by atoms with Crippen LogP contribution >= 0.6 is 0 Å². The molecule has 4 nitrogen and oxygen atoms in total. The standard InChI is InChI=1S/C18H23FN2O2/c19-16-5-3-4-15(12-16)18(23)20-10-7-14(8-11-20)13-21-9-2-1-6-17(21)22/h3-5,12,14H,1-2,6-11,13H2. The smallest absolute Gasteiger partial charge is 0.253 e. The van der Waals surface area contributed by atoms with Gasteiger partial charge in [0.1, 0.15) is 5.82 Å². The molecule has 2 aliphatic heterocycles. The second-order valence-corrected chi connectivity index (χ2v) is 6.54. The fourth-order valence-corrected chi connectivity index (χ4v) is 3.49. The van der Waals surface area contributed by atoms with Gasteiger partial charge >= 0.3 is 0 Å². The van der Waals surface area contributed by atoms with E-state index in [2.05, 4.69) is 0 Å². The number of nitrogens with zero attached hydrogens (tertiary/aromatic N) is 2. The molecule has 5 heteroatoms. The first-order valence-corrected chi connectivity index (χ1v) is 8.46. The lowest BCUT2D eigenvalue weighted by Crippen LogP contribution is -2.44. The third kappa shape index (κ3) is 3.89. The fraction of sp³-hybridized carbons (Fsp3) is 0.556. The number of carbonyl (C=O) groups is 2. The molecule has 124 valence electrons. The fourth-order valence-electron chi connectivity index (χ4n) is 3.49. The highest BCUT2D eigenvalue weighted by molar-refractivity contribution is 5.94. The van der Waals surface area contributed by atoms with Gasteiger partial charge in [-0.3, -0.25) is 9.59 Å². The molecule has 0 saturated carbocycles. The van der Waals surface area contributed by atoms with Crippen molar-refractivity contribution in [2.45, 2.75) is 32.1 Å². The summed E-state index contributed by atoms with van der Waals surface area (Å²) in [4.78, 5) is 28.1. The lowest BCUT2D eigenvalue weighted by molar-refractivity contribution is -0.134. The van der Waals surface area contributed by atoms with Gasteiger partial charge in [0.2, 0.25) is 5.91 Å². The van der Waals surface area contributed by atoms with Gasteiger partial charge in [0.25, 0.3) is 5.91 Å². The monoisotopic (exact) mass is 318 g/mol. The van der Waals surface area contributed by atoms with Crippen LogP contribution in [0.3, 0.4) is 0 Å². The number of hydrogen-bond acceptors (Lipinski definition) is 2. The van der Waals surface area contributed by atoms with E-state index in [4.69, 9.17) is 0 Å². The molecule has 2 amide bonds. The summed E-state index contributed by atoms with van der Waals surface area (Å²) >= 11 is 0. The zero-order valence-corrected chi connectivity index (χ0v) is 13.3. The molecule has 23 heavy (non-hydrogen) atoms. The van der Waals surface area contributed by atoms with Gasteiger partial charge in [-0.25, -0.2) is 4.39 Å². The summed E-state index contributed by atoms with van der Waals surface area (Å²) in [7, 11) is 0. The topological polar surface area (TPSA) is 40.6 Å². The maximum atomic E-state index is 13.2. The number of likely N-dealkylation sites (tertiary alicyclic amines) is 2. The van der Waals surface area contributed by atoms with E-state index in [-0.39, 0.29) is 17.6 Å². The second-order valence-electron chi connectivity index (χ2n) is 6.54. The van der Waals surface area contributed by atoms with Crippen LogP contribution in [0.1, 0.15) is 42.5 Å². The van der Waals surface area contributed by atoms with E-state index in [9.17, 15) is 14.0 Å². The molecular weight excluding hydrogens is 295 g/mol. The van der Waals surface area contributed by atoms with Crippen LogP contribution in [0.4, 0.5) is 4.39 Å². The summed E-state index contributed by atoms with van der Waals surface area (Å²) in [5.74, 6) is 0.259. The molecule has 1 aromatic carbocycles. The Morgan fingerprint density at radius 2 is 1.96 bits per heavy atom. The molecular formula is C18H23FN2O2. The molecule has 0 aliphatic carbocycles. The highest BCUT2D eigenvalue weighted by Crippen LogP contribution is 2.22. The van der Waals surface area contributed by atoms with Gasteiger partial charge in [0.05, 0.1) is 0 Å². The first-order chi connectivity index (χ1) is 11.1. The molecule has 2 aliphatic rings. The SMILES string of the molecule is O=C1CCCCN1CC1CCN(C(=O)c2cccc(F)c2)CC1. The highest BCUT2D eigenvalue weighted by Gasteiger charge is 2.27. The van der Waals surface area contributed by atoms with Crippen molar-refractivity contribution in [1.29, 1.82) is 0 Å². The molecule has 0 spiro atoms. The molecule has 0 aromatic heterocycles. The average Bonchev–Trinajstić information content (AvgIpc) is 2.57. The first kappa shape index (κ1) is 16.0. The molecule has 2 heterocycles. The van der Waals surface area contributed by atoms with Crippen molar-refractivity contribution in [3.63, 3.8) is 0 Å². The minimum absolute atomic E-state index is 0.100. The van der Waals surface area contributed by atoms with Gasteiger partial charge in [-0.05, 0) is 49.8 Å². The second kappa shape index (κ2) is 7.11. The normalized spacial score (nSPS) is 20.0. The number of rotatable bonds is 3. The lowest BCUT2D eigenvalue weighted by atomic mass is 9.94. The third-order valence-corrected chi connectivity index (χ3v) is 4.87. The Morgan fingerprint density at radius 3 is 2.65 bits per heavy atom. The summed E-state index contributed by atoms with van der Waals surface area (Å²) in [6, 6.07) is 5.86. The van der Waals surface area contributed by atoms with Gasteiger partial charge in [-0.15, -0.1) is 0 Å². The molecule has 0 unspecified atom stereocenters. The van der Waals surface area contributed by atoms with Crippen LogP contribution in [0.5, 0.6) is 0 Å². The number of piperidine rings is 2. The number of hydrogen-bond donors (Lipinski definition) is 0. The molecule has 2 saturated heterocycles. The van der Waals surface area contributed by atoms with E-state index < -0.39 is 0 Å². The Morgan fingerprint density at radius 1 is 1.17 bits per heavy atom. The number of benzene rings is 1. The van der Waals surface area contributed by atoms with Crippen molar-refractivity contribution < 1.29 is 14.0 Å². The first-order valence-electron chi connectivity index (χ1n) is 8.46. The Kier molecular flexibility index (Phi) is 4.94. The maximum Gasteiger partial charge on any atom is 0.253 e. The van der Waals surface area contributed by atoms with Crippen LogP contribution in [0, 0.1) is 11.7 Å². The van der Waals surface area contributed by atoms with Crippen LogP contribution in [0.25, 0.3) is 0 Å². The summed E-state index contributed by atoms with van der Waals surface area (Å²) in [5.41, 5.74) is 0.412. The van der Waals surface area contributed by atoms with Crippen LogP contribution in [-0.2, 0) is 4.79 Å². The summed E-state index contributed by atoms with van der Waals surface area (Å²) in [5, 5.41) is 0. The van der Waals surface area contributed by atoms with Crippen molar-refractivity contribution in [2.24, 2.45) is 5.92 Å². The predicted octanol–water partition coefficient (Wildman–Crippen LogP) is 2.69. The van der Waals surface area contributed by atoms with Crippen molar-refractivity contribution in [3.05, 3.63) is 35.6 Å². The molecule has 0 atom stereocenters. The van der Waals surface area contributed by atoms with Crippen molar-refractivity contribution in [1.82, 2.24) is 9.80 Å². The quantitative estimate of drug-likeness (QED) is 0.860. The predicted molar refractivity (Wildman–Crippen MR) is 85.5 cm³/mol. The van der Waals surface area contributed by atoms with E-state index in [1.54, 1.807) is 17.0 Å². The Hall–Kier alpha value is -1.91. The van der Waals surface area contributed by atoms with Crippen molar-refractivity contribution in [3.8, 4) is 0 Å². The maximum absolute atomic E-state index is 13.2. The van der Waals surface area contributed by atoms with Crippen LogP contribution < -0.4 is 0 Å². The van der Waals surface area contributed by atoms with E-state index in [0.29, 0.717) is 31.0 Å². The molecule has 0 radical (unpaired) electrons. The third-order valence-electron chi connectivity index (χ3n) is 4.87. The van der Waals surface area contributed by atoms with Gasteiger partial charge in [0, 0.05) is 38.2 Å². The van der Waals surface area contributed by atoms with Crippen LogP contribution in [-0.4, -0.2) is 47.8 Å². The van der Waals surface area contributed by atoms with E-state index in [1.807, 2.05) is 4.90 Å². The minimum Gasteiger partial charge on any atom is -0.342 e. The van der Waals surface area contributed by atoms with E-state index >= 15 is 0 Å². The minimum atomic E-state index is -0.380. The molecule has 3 rings (SSSR count). The van der Waals surface area contributed by atoms with Crippen LogP contribution in [0.15, 0.2) is 24.3 Å². The van der Waals surface area contributed by atoms with Crippen molar-refractivity contribution in [2.75, 3.05) is 26.2 Å². The molecule has 0 bridgehead atoms. The van der Waals surface area contributed by atoms with Gasteiger partial charge < -0.3 is 9.80 Å². The number of amides is 2. The zero-order valence-electron chi connectivity index (χ0n) is 13.3. The Balaban J connectivity index is 1.52. The van der Waals surface area contributed by atoms with E-state index in [0.717, 1.165) is 38.8 Å². The lowest BCUT2D eigenvalue weighted by Gasteiger charge is -2.36. The summed E-state index contributed by atoms with van der Waals surface area (Å²) in [6.07, 6.45) is 4.60. The summed E-state index contributed by atoms with van der Waals surface area (Å²) in [6.45, 7) is 3.06. The Bertz CT molecular complexity index is 582. The Labute approximate surface area is 136 Å². The molecule has 0 N–H and O–H groups in total. The molecule has 2 fully saturated rings. The number of carbonyl (C=O) groups excluding carboxylic acids is 2. The number of halogens is 1. The average molecular weight is 318 g/mol. The van der Waals surface area contributed by atoms with Gasteiger partial charge in [0.15, 0.2) is 0 Å². The zero-order chi connectivity index (χ0) is 16.2. The molecule has 1 aromatic rings.